The minimum atomic E-state index is 0.482. The van der Waals surface area contributed by atoms with Crippen molar-refractivity contribution in [3.8, 4) is 5.75 Å². The van der Waals surface area contributed by atoms with Crippen LogP contribution in [-0.2, 0) is 4.79 Å². The molecule has 0 unspecified atom stereocenters. The quantitative estimate of drug-likeness (QED) is 0.404. The lowest BCUT2D eigenvalue weighted by Gasteiger charge is -2.06. The zero-order valence-corrected chi connectivity index (χ0v) is 9.03. The molecule has 0 heterocycles. The maximum atomic E-state index is 10.5. The Bertz CT molecular complexity index is 342. The van der Waals surface area contributed by atoms with Crippen molar-refractivity contribution in [2.24, 2.45) is 0 Å². The first kappa shape index (κ1) is 11.5. The van der Waals surface area contributed by atoms with E-state index in [0.29, 0.717) is 12.2 Å². The maximum absolute atomic E-state index is 10.5. The Hall–Kier alpha value is -1.57. The van der Waals surface area contributed by atoms with E-state index < -0.39 is 0 Å². The molecule has 2 nitrogen and oxygen atoms in total. The lowest BCUT2D eigenvalue weighted by Crippen LogP contribution is -1.96. The lowest BCUT2D eigenvalue weighted by atomic mass is 10.1. The molecule has 1 aromatic rings. The molecule has 0 amide bonds. The van der Waals surface area contributed by atoms with Crippen molar-refractivity contribution < 1.29 is 9.53 Å². The molecule has 15 heavy (non-hydrogen) atoms. The van der Waals surface area contributed by atoms with Crippen LogP contribution in [0.4, 0.5) is 0 Å². The third-order valence-electron chi connectivity index (χ3n) is 2.11. The first-order valence-corrected chi connectivity index (χ1v) is 5.15. The summed E-state index contributed by atoms with van der Waals surface area (Å²) in [6.07, 6.45) is 2.91. The van der Waals surface area contributed by atoms with E-state index in [2.05, 4.69) is 13.5 Å². The third kappa shape index (κ3) is 3.58. The van der Waals surface area contributed by atoms with E-state index in [9.17, 15) is 4.79 Å². The fourth-order valence-electron chi connectivity index (χ4n) is 1.19. The maximum Gasteiger partial charge on any atom is 0.150 e. The lowest BCUT2D eigenvalue weighted by molar-refractivity contribution is -0.103. The first-order valence-electron chi connectivity index (χ1n) is 5.15. The van der Waals surface area contributed by atoms with Crippen LogP contribution < -0.4 is 4.74 Å². The van der Waals surface area contributed by atoms with Crippen molar-refractivity contribution >= 4 is 11.9 Å². The van der Waals surface area contributed by atoms with Gasteiger partial charge in [-0.25, -0.2) is 0 Å². The number of carbonyl (C=O) groups is 1. The van der Waals surface area contributed by atoms with E-state index in [1.807, 2.05) is 24.3 Å². The average Bonchev–Trinajstić information content (AvgIpc) is 2.29. The minimum absolute atomic E-state index is 0.482. The Morgan fingerprint density at radius 3 is 3.00 bits per heavy atom. The molecule has 80 valence electrons. The zero-order valence-electron chi connectivity index (χ0n) is 9.03. The highest BCUT2D eigenvalue weighted by atomic mass is 16.5. The van der Waals surface area contributed by atoms with E-state index in [1.54, 1.807) is 0 Å². The highest BCUT2D eigenvalue weighted by Crippen LogP contribution is 2.18. The Labute approximate surface area is 90.6 Å². The molecule has 0 radical (unpaired) electrons. The van der Waals surface area contributed by atoms with Gasteiger partial charge in [-0.1, -0.05) is 32.1 Å². The Balaban J connectivity index is 2.65. The van der Waals surface area contributed by atoms with Crippen LogP contribution in [0.2, 0.25) is 0 Å². The van der Waals surface area contributed by atoms with Crippen molar-refractivity contribution in [3.05, 3.63) is 36.4 Å². The molecule has 0 atom stereocenters. The predicted molar refractivity (Wildman–Crippen MR) is 61.9 cm³/mol. The number of carbonyl (C=O) groups excluding carboxylic acids is 1. The van der Waals surface area contributed by atoms with Gasteiger partial charge in [-0.15, -0.1) is 0 Å². The van der Waals surface area contributed by atoms with Crippen molar-refractivity contribution in [3.63, 3.8) is 0 Å². The van der Waals surface area contributed by atoms with Gasteiger partial charge in [0.2, 0.25) is 0 Å². The summed E-state index contributed by atoms with van der Waals surface area (Å²) < 4.78 is 5.52. The van der Waals surface area contributed by atoms with Crippen LogP contribution in [0.15, 0.2) is 30.8 Å². The van der Waals surface area contributed by atoms with Crippen LogP contribution in [0.3, 0.4) is 0 Å². The molecule has 0 aliphatic rings. The standard InChI is InChI=1S/C13H16O2/c1-3-4-8-15-13-7-5-6-12(9-13)11(2)10-14/h5-7,9-10H,2-4,8H2,1H3. The van der Waals surface area contributed by atoms with Gasteiger partial charge in [-0.2, -0.15) is 0 Å². The molecule has 2 heteroatoms. The van der Waals surface area contributed by atoms with Crippen LogP contribution in [0.5, 0.6) is 5.75 Å². The summed E-state index contributed by atoms with van der Waals surface area (Å²) >= 11 is 0. The van der Waals surface area contributed by atoms with Gasteiger partial charge in [-0.3, -0.25) is 4.79 Å². The summed E-state index contributed by atoms with van der Waals surface area (Å²) in [6, 6.07) is 7.44. The van der Waals surface area contributed by atoms with Crippen molar-refractivity contribution in [1.82, 2.24) is 0 Å². The number of benzene rings is 1. The Morgan fingerprint density at radius 1 is 1.53 bits per heavy atom. The second-order valence-corrected chi connectivity index (χ2v) is 3.37. The van der Waals surface area contributed by atoms with Crippen LogP contribution in [0, 0.1) is 0 Å². The van der Waals surface area contributed by atoms with Crippen LogP contribution >= 0.6 is 0 Å². The van der Waals surface area contributed by atoms with Gasteiger partial charge < -0.3 is 4.74 Å². The van der Waals surface area contributed by atoms with Gasteiger partial charge in [0.1, 0.15) is 12.0 Å². The monoisotopic (exact) mass is 204 g/mol. The molecule has 0 aliphatic carbocycles. The summed E-state index contributed by atoms with van der Waals surface area (Å²) in [5, 5.41) is 0. The molecule has 0 fully saturated rings. The van der Waals surface area contributed by atoms with E-state index in [0.717, 1.165) is 30.4 Å². The summed E-state index contributed by atoms with van der Waals surface area (Å²) in [7, 11) is 0. The van der Waals surface area contributed by atoms with E-state index in [-0.39, 0.29) is 0 Å². The topological polar surface area (TPSA) is 26.3 Å². The highest BCUT2D eigenvalue weighted by molar-refractivity contribution is 6.05. The number of aldehydes is 1. The molecule has 1 rings (SSSR count). The summed E-state index contributed by atoms with van der Waals surface area (Å²) in [6.45, 7) is 6.49. The van der Waals surface area contributed by atoms with E-state index >= 15 is 0 Å². The van der Waals surface area contributed by atoms with Crippen LogP contribution in [0.25, 0.3) is 5.57 Å². The van der Waals surface area contributed by atoms with Crippen molar-refractivity contribution in [2.45, 2.75) is 19.8 Å². The summed E-state index contributed by atoms with van der Waals surface area (Å²) in [4.78, 5) is 10.5. The van der Waals surface area contributed by atoms with Crippen LogP contribution in [0.1, 0.15) is 25.3 Å². The molecule has 0 aliphatic heterocycles. The van der Waals surface area contributed by atoms with E-state index in [4.69, 9.17) is 4.74 Å². The van der Waals surface area contributed by atoms with Gasteiger partial charge >= 0.3 is 0 Å². The highest BCUT2D eigenvalue weighted by Gasteiger charge is 1.99. The fourth-order valence-corrected chi connectivity index (χ4v) is 1.19. The van der Waals surface area contributed by atoms with Crippen molar-refractivity contribution in [2.75, 3.05) is 6.61 Å². The number of rotatable bonds is 6. The smallest absolute Gasteiger partial charge is 0.150 e. The molecular formula is C13H16O2. The van der Waals surface area contributed by atoms with Gasteiger partial charge in [-0.05, 0) is 24.1 Å². The molecular weight excluding hydrogens is 188 g/mol. The molecule has 0 N–H and O–H groups in total. The summed E-state index contributed by atoms with van der Waals surface area (Å²) in [5.41, 5.74) is 1.30. The normalized spacial score (nSPS) is 9.67. The Morgan fingerprint density at radius 2 is 2.33 bits per heavy atom. The van der Waals surface area contributed by atoms with Crippen molar-refractivity contribution in [1.29, 1.82) is 0 Å². The van der Waals surface area contributed by atoms with E-state index in [1.165, 1.54) is 0 Å². The SMILES string of the molecule is C=C(C=O)c1cccc(OCCCC)c1. The van der Waals surface area contributed by atoms with Gasteiger partial charge in [0, 0.05) is 5.57 Å². The average molecular weight is 204 g/mol. The molecule has 0 aromatic heterocycles. The number of hydrogen-bond acceptors (Lipinski definition) is 2. The van der Waals surface area contributed by atoms with Gasteiger partial charge in [0.15, 0.2) is 0 Å². The molecule has 0 spiro atoms. The van der Waals surface area contributed by atoms with Gasteiger partial charge in [0.05, 0.1) is 6.61 Å². The minimum Gasteiger partial charge on any atom is -0.494 e. The fraction of sp³-hybridized carbons (Fsp3) is 0.308. The second kappa shape index (κ2) is 6.02. The molecule has 1 aromatic carbocycles. The largest absolute Gasteiger partial charge is 0.494 e. The van der Waals surface area contributed by atoms with Gasteiger partial charge in [0.25, 0.3) is 0 Å². The molecule has 0 saturated heterocycles. The second-order valence-electron chi connectivity index (χ2n) is 3.37. The number of ether oxygens (including phenoxy) is 1. The molecule has 0 bridgehead atoms. The third-order valence-corrected chi connectivity index (χ3v) is 2.11. The summed E-state index contributed by atoms with van der Waals surface area (Å²) in [5.74, 6) is 0.795. The molecule has 0 saturated carbocycles. The Kier molecular flexibility index (Phi) is 4.61. The van der Waals surface area contributed by atoms with Crippen LogP contribution in [-0.4, -0.2) is 12.9 Å². The predicted octanol–water partition coefficient (Wildman–Crippen LogP) is 3.08. The first-order chi connectivity index (χ1) is 7.27. The number of hydrogen-bond donors (Lipinski definition) is 0. The zero-order chi connectivity index (χ0) is 11.1. The number of unbranched alkanes of at least 4 members (excludes halogenated alkanes) is 1. The number of allylic oxidation sites excluding steroid dienone is 1.